The summed E-state index contributed by atoms with van der Waals surface area (Å²) in [6.45, 7) is 3.44. The Morgan fingerprint density at radius 2 is 1.64 bits per heavy atom. The van der Waals surface area contributed by atoms with Crippen molar-refractivity contribution >= 4 is 41.8 Å². The minimum Gasteiger partial charge on any atom is -0.349 e. The Bertz CT molecular complexity index is 547. The first kappa shape index (κ1) is 21.4. The van der Waals surface area contributed by atoms with E-state index in [4.69, 9.17) is 0 Å². The van der Waals surface area contributed by atoms with Crippen LogP contribution in [-0.4, -0.2) is 97.4 Å². The number of halogens is 1. The molecular weight excluding hydrogens is 433 g/mol. The molecule has 0 atom stereocenters. The van der Waals surface area contributed by atoms with Crippen molar-refractivity contribution in [1.82, 2.24) is 24.7 Å². The molecule has 0 aromatic carbocycles. The van der Waals surface area contributed by atoms with Gasteiger partial charge in [0.25, 0.3) is 0 Å². The lowest BCUT2D eigenvalue weighted by molar-refractivity contribution is -0.131. The number of rotatable bonds is 4. The van der Waals surface area contributed by atoms with Gasteiger partial charge in [-0.3, -0.25) is 9.79 Å². The average Bonchev–Trinajstić information content (AvgIpc) is 2.58. The molecular formula is C16H28IN7O. The molecule has 140 valence electrons. The van der Waals surface area contributed by atoms with E-state index in [1.807, 2.05) is 42.9 Å². The normalized spacial score (nSPS) is 13.8. The first-order valence-electron chi connectivity index (χ1n) is 8.18. The third kappa shape index (κ3) is 6.29. The highest BCUT2D eigenvalue weighted by atomic mass is 127. The molecule has 1 aromatic heterocycles. The number of aliphatic imine (C=N–C) groups is 1. The summed E-state index contributed by atoms with van der Waals surface area (Å²) in [5, 5.41) is 0. The van der Waals surface area contributed by atoms with Gasteiger partial charge in [0, 0.05) is 73.2 Å². The van der Waals surface area contributed by atoms with Crippen LogP contribution in [0.2, 0.25) is 0 Å². The number of nitrogens with zero attached hydrogens (tertiary/aromatic N) is 7. The van der Waals surface area contributed by atoms with E-state index in [2.05, 4.69) is 19.9 Å². The minimum absolute atomic E-state index is 0. The summed E-state index contributed by atoms with van der Waals surface area (Å²) in [5.41, 5.74) is 0. The average molecular weight is 461 g/mol. The monoisotopic (exact) mass is 461 g/mol. The number of piperazine rings is 1. The number of hydrogen-bond donors (Lipinski definition) is 0. The van der Waals surface area contributed by atoms with Crippen LogP contribution in [0.1, 0.15) is 6.42 Å². The summed E-state index contributed by atoms with van der Waals surface area (Å²) < 4.78 is 0. The van der Waals surface area contributed by atoms with Gasteiger partial charge in [0.1, 0.15) is 0 Å². The van der Waals surface area contributed by atoms with E-state index >= 15 is 0 Å². The zero-order chi connectivity index (χ0) is 17.5. The van der Waals surface area contributed by atoms with Gasteiger partial charge in [-0.1, -0.05) is 0 Å². The van der Waals surface area contributed by atoms with E-state index in [0.717, 1.165) is 25.0 Å². The second-order valence-electron chi connectivity index (χ2n) is 6.14. The summed E-state index contributed by atoms with van der Waals surface area (Å²) in [6.07, 6.45) is 3.92. The summed E-state index contributed by atoms with van der Waals surface area (Å²) in [6, 6.07) is 1.81. The second-order valence-corrected chi connectivity index (χ2v) is 6.14. The molecule has 0 N–H and O–H groups in total. The SMILES string of the molecule is CN(C)C(=NCCC(=O)N1CCN(c2ncccn2)CC1)N(C)C.I. The van der Waals surface area contributed by atoms with Crippen molar-refractivity contribution in [3.05, 3.63) is 18.5 Å². The van der Waals surface area contributed by atoms with E-state index in [-0.39, 0.29) is 29.9 Å². The van der Waals surface area contributed by atoms with Gasteiger partial charge in [0.05, 0.1) is 6.54 Å². The van der Waals surface area contributed by atoms with Gasteiger partial charge < -0.3 is 19.6 Å². The van der Waals surface area contributed by atoms with Gasteiger partial charge in [-0.25, -0.2) is 9.97 Å². The fourth-order valence-electron chi connectivity index (χ4n) is 2.70. The first-order valence-corrected chi connectivity index (χ1v) is 8.18. The van der Waals surface area contributed by atoms with Crippen LogP contribution >= 0.6 is 24.0 Å². The maximum Gasteiger partial charge on any atom is 0.225 e. The number of carbonyl (C=O) groups excluding carboxylic acids is 1. The van der Waals surface area contributed by atoms with Crippen LogP contribution in [0.15, 0.2) is 23.5 Å². The summed E-state index contributed by atoms with van der Waals surface area (Å²) in [4.78, 5) is 33.3. The van der Waals surface area contributed by atoms with E-state index in [9.17, 15) is 4.79 Å². The molecule has 1 aliphatic rings. The van der Waals surface area contributed by atoms with Gasteiger partial charge in [-0.15, -0.1) is 24.0 Å². The van der Waals surface area contributed by atoms with Crippen molar-refractivity contribution < 1.29 is 4.79 Å². The highest BCUT2D eigenvalue weighted by Crippen LogP contribution is 2.10. The van der Waals surface area contributed by atoms with Crippen molar-refractivity contribution in [3.8, 4) is 0 Å². The smallest absolute Gasteiger partial charge is 0.225 e. The molecule has 25 heavy (non-hydrogen) atoms. The predicted molar refractivity (Wildman–Crippen MR) is 111 cm³/mol. The lowest BCUT2D eigenvalue weighted by atomic mass is 10.3. The Morgan fingerprint density at radius 1 is 1.08 bits per heavy atom. The fourth-order valence-corrected chi connectivity index (χ4v) is 2.70. The molecule has 0 radical (unpaired) electrons. The molecule has 1 saturated heterocycles. The summed E-state index contributed by atoms with van der Waals surface area (Å²) in [5.74, 6) is 1.76. The Hall–Kier alpha value is -1.65. The van der Waals surface area contributed by atoms with Crippen LogP contribution < -0.4 is 4.90 Å². The molecule has 0 unspecified atom stereocenters. The van der Waals surface area contributed by atoms with Gasteiger partial charge in [-0.2, -0.15) is 0 Å². The molecule has 2 rings (SSSR count). The third-order valence-electron chi connectivity index (χ3n) is 3.85. The molecule has 0 saturated carbocycles. The molecule has 0 bridgehead atoms. The molecule has 1 fully saturated rings. The molecule has 2 heterocycles. The number of carbonyl (C=O) groups is 1. The maximum absolute atomic E-state index is 12.3. The fraction of sp³-hybridized carbons (Fsp3) is 0.625. The van der Waals surface area contributed by atoms with E-state index in [1.54, 1.807) is 18.5 Å². The standard InChI is InChI=1S/C16H27N7O.HI/c1-20(2)16(21(3)4)19-9-6-14(24)22-10-12-23(13-11-22)15-17-7-5-8-18-15;/h5,7-8H,6,9-13H2,1-4H3;1H. The molecule has 1 amide bonds. The zero-order valence-corrected chi connectivity index (χ0v) is 17.8. The van der Waals surface area contributed by atoms with Crippen molar-refractivity contribution in [2.24, 2.45) is 4.99 Å². The first-order chi connectivity index (χ1) is 11.5. The van der Waals surface area contributed by atoms with Crippen LogP contribution in [0.3, 0.4) is 0 Å². The second kappa shape index (κ2) is 10.4. The van der Waals surface area contributed by atoms with Gasteiger partial charge in [-0.05, 0) is 6.07 Å². The Balaban J connectivity index is 0.00000312. The van der Waals surface area contributed by atoms with Crippen molar-refractivity contribution in [1.29, 1.82) is 0 Å². The van der Waals surface area contributed by atoms with Gasteiger partial charge >= 0.3 is 0 Å². The van der Waals surface area contributed by atoms with Crippen LogP contribution in [0.4, 0.5) is 5.95 Å². The van der Waals surface area contributed by atoms with Crippen LogP contribution in [0.25, 0.3) is 0 Å². The molecule has 0 aliphatic carbocycles. The van der Waals surface area contributed by atoms with Crippen molar-refractivity contribution in [2.75, 3.05) is 65.8 Å². The minimum atomic E-state index is 0. The zero-order valence-electron chi connectivity index (χ0n) is 15.4. The van der Waals surface area contributed by atoms with E-state index in [1.165, 1.54) is 0 Å². The highest BCUT2D eigenvalue weighted by molar-refractivity contribution is 14.0. The van der Waals surface area contributed by atoms with Crippen LogP contribution in [0, 0.1) is 0 Å². The topological polar surface area (TPSA) is 68.2 Å². The number of aromatic nitrogens is 2. The van der Waals surface area contributed by atoms with Gasteiger partial charge in [0.15, 0.2) is 5.96 Å². The van der Waals surface area contributed by atoms with Crippen molar-refractivity contribution in [3.63, 3.8) is 0 Å². The predicted octanol–water partition coefficient (Wildman–Crippen LogP) is 0.613. The number of amides is 1. The van der Waals surface area contributed by atoms with Crippen molar-refractivity contribution in [2.45, 2.75) is 6.42 Å². The molecule has 9 heteroatoms. The number of guanidine groups is 1. The van der Waals surface area contributed by atoms with E-state index < -0.39 is 0 Å². The lowest BCUT2D eigenvalue weighted by Crippen LogP contribution is -2.49. The largest absolute Gasteiger partial charge is 0.349 e. The van der Waals surface area contributed by atoms with E-state index in [0.29, 0.717) is 26.1 Å². The summed E-state index contributed by atoms with van der Waals surface area (Å²) >= 11 is 0. The Labute approximate surface area is 166 Å². The molecule has 8 nitrogen and oxygen atoms in total. The maximum atomic E-state index is 12.3. The lowest BCUT2D eigenvalue weighted by Gasteiger charge is -2.34. The number of hydrogen-bond acceptors (Lipinski definition) is 5. The highest BCUT2D eigenvalue weighted by Gasteiger charge is 2.22. The van der Waals surface area contributed by atoms with Crippen LogP contribution in [-0.2, 0) is 4.79 Å². The Morgan fingerprint density at radius 3 is 2.16 bits per heavy atom. The molecule has 1 aromatic rings. The molecule has 1 aliphatic heterocycles. The quantitative estimate of drug-likeness (QED) is 0.372. The summed E-state index contributed by atoms with van der Waals surface area (Å²) in [7, 11) is 7.80. The third-order valence-corrected chi connectivity index (χ3v) is 3.85. The number of anilines is 1. The van der Waals surface area contributed by atoms with Crippen LogP contribution in [0.5, 0.6) is 0 Å². The Kier molecular flexibility index (Phi) is 8.87. The van der Waals surface area contributed by atoms with Gasteiger partial charge in [0.2, 0.25) is 11.9 Å². The molecule has 0 spiro atoms.